The Morgan fingerprint density at radius 2 is 2.17 bits per heavy atom. The van der Waals surface area contributed by atoms with Crippen molar-refractivity contribution in [3.8, 4) is 5.75 Å². The first-order valence-electron chi connectivity index (χ1n) is 4.98. The molecule has 0 saturated heterocycles. The highest BCUT2D eigenvalue weighted by Gasteiger charge is 2.17. The molecule has 0 unspecified atom stereocenters. The minimum atomic E-state index is -3.72. The third kappa shape index (κ3) is 2.38. The molecule has 1 aromatic carbocycles. The number of rotatable bonds is 4. The summed E-state index contributed by atoms with van der Waals surface area (Å²) >= 11 is 0. The molecule has 0 radical (unpaired) electrons. The number of sulfonamides is 1. The van der Waals surface area contributed by atoms with Crippen molar-refractivity contribution < 1.29 is 13.2 Å². The Hall–Kier alpha value is -2.22. The molecule has 0 aliphatic rings. The first-order chi connectivity index (χ1) is 8.53. The van der Waals surface area contributed by atoms with Crippen LogP contribution in [0.25, 0.3) is 0 Å². The fraction of sp³-hybridized carbons (Fsp3) is 0.100. The summed E-state index contributed by atoms with van der Waals surface area (Å²) in [6.45, 7) is 0. The number of nitrogen functional groups attached to an aromatic ring is 1. The number of H-pyrrole nitrogens is 1. The average molecular weight is 268 g/mol. The van der Waals surface area contributed by atoms with Gasteiger partial charge in [-0.2, -0.15) is 13.5 Å². The van der Waals surface area contributed by atoms with E-state index in [0.717, 1.165) is 0 Å². The Morgan fingerprint density at radius 3 is 2.78 bits per heavy atom. The van der Waals surface area contributed by atoms with Crippen molar-refractivity contribution in [2.24, 2.45) is 0 Å². The maximum Gasteiger partial charge on any atom is 0.278 e. The first-order valence-corrected chi connectivity index (χ1v) is 6.47. The highest BCUT2D eigenvalue weighted by molar-refractivity contribution is 7.92. The molecule has 2 aromatic rings. The van der Waals surface area contributed by atoms with E-state index in [2.05, 4.69) is 14.9 Å². The number of nitrogens with one attached hydrogen (secondary N) is 2. The molecular formula is C10H12N4O3S. The molecule has 0 aliphatic heterocycles. The largest absolute Gasteiger partial charge is 0.495 e. The predicted octanol–water partition coefficient (Wildman–Crippen LogP) is 0.801. The van der Waals surface area contributed by atoms with Crippen molar-refractivity contribution in [3.05, 3.63) is 30.5 Å². The summed E-state index contributed by atoms with van der Waals surface area (Å²) in [4.78, 5) is 0. The molecule has 0 bridgehead atoms. The molecule has 0 fully saturated rings. The van der Waals surface area contributed by atoms with E-state index >= 15 is 0 Å². The summed E-state index contributed by atoms with van der Waals surface area (Å²) in [5.41, 5.74) is 6.31. The Morgan fingerprint density at radius 1 is 1.39 bits per heavy atom. The van der Waals surface area contributed by atoms with E-state index in [1.165, 1.54) is 25.4 Å². The van der Waals surface area contributed by atoms with Crippen LogP contribution >= 0.6 is 0 Å². The lowest BCUT2D eigenvalue weighted by Crippen LogP contribution is -2.14. The van der Waals surface area contributed by atoms with Gasteiger partial charge >= 0.3 is 0 Å². The summed E-state index contributed by atoms with van der Waals surface area (Å²) in [5, 5.41) is 5.93. The van der Waals surface area contributed by atoms with E-state index in [9.17, 15) is 8.42 Å². The number of aromatic amines is 1. The zero-order valence-electron chi connectivity index (χ0n) is 9.54. The average Bonchev–Trinajstić information content (AvgIpc) is 2.83. The maximum atomic E-state index is 12.0. The van der Waals surface area contributed by atoms with E-state index in [0.29, 0.717) is 11.4 Å². The van der Waals surface area contributed by atoms with Crippen LogP contribution in [0.4, 0.5) is 11.4 Å². The fourth-order valence-corrected chi connectivity index (χ4v) is 2.37. The number of hydrogen-bond acceptors (Lipinski definition) is 5. The summed E-state index contributed by atoms with van der Waals surface area (Å²) in [5.74, 6) is 0.382. The molecule has 2 rings (SSSR count). The molecule has 8 heteroatoms. The van der Waals surface area contributed by atoms with Gasteiger partial charge in [0, 0.05) is 5.69 Å². The van der Waals surface area contributed by atoms with Crippen LogP contribution in [0.3, 0.4) is 0 Å². The third-order valence-electron chi connectivity index (χ3n) is 2.23. The number of benzene rings is 1. The van der Waals surface area contributed by atoms with Gasteiger partial charge in [-0.3, -0.25) is 9.82 Å². The normalized spacial score (nSPS) is 11.2. The van der Waals surface area contributed by atoms with Crippen LogP contribution in [0.15, 0.2) is 35.5 Å². The topological polar surface area (TPSA) is 110 Å². The Kier molecular flexibility index (Phi) is 3.11. The molecule has 4 N–H and O–H groups in total. The van der Waals surface area contributed by atoms with E-state index in [-0.39, 0.29) is 10.7 Å². The fourth-order valence-electron chi connectivity index (χ4n) is 1.40. The summed E-state index contributed by atoms with van der Waals surface area (Å²) in [7, 11) is -2.28. The van der Waals surface area contributed by atoms with Crippen LogP contribution in [0.1, 0.15) is 0 Å². The second-order valence-corrected chi connectivity index (χ2v) is 5.14. The van der Waals surface area contributed by atoms with Gasteiger partial charge < -0.3 is 10.5 Å². The number of methoxy groups -OCH3 is 1. The standard InChI is InChI=1S/C10H12N4O3S/c1-17-9-3-2-7(11)6-8(9)14-18(15,16)10-4-5-12-13-10/h2-6,14H,11H2,1H3,(H,12,13). The van der Waals surface area contributed by atoms with E-state index in [1.807, 2.05) is 0 Å². The summed E-state index contributed by atoms with van der Waals surface area (Å²) < 4.78 is 31.4. The third-order valence-corrected chi connectivity index (χ3v) is 3.53. The molecule has 0 saturated carbocycles. The van der Waals surface area contributed by atoms with Crippen LogP contribution in [-0.4, -0.2) is 25.7 Å². The lowest BCUT2D eigenvalue weighted by Gasteiger charge is -2.11. The van der Waals surface area contributed by atoms with Gasteiger partial charge in [0.2, 0.25) is 0 Å². The lowest BCUT2D eigenvalue weighted by molar-refractivity contribution is 0.417. The van der Waals surface area contributed by atoms with E-state index in [1.54, 1.807) is 12.1 Å². The molecular weight excluding hydrogens is 256 g/mol. The number of nitrogens with two attached hydrogens (primary N) is 1. The van der Waals surface area contributed by atoms with E-state index < -0.39 is 10.0 Å². The van der Waals surface area contributed by atoms with Gasteiger partial charge in [-0.15, -0.1) is 0 Å². The van der Waals surface area contributed by atoms with E-state index in [4.69, 9.17) is 10.5 Å². The molecule has 1 aromatic heterocycles. The van der Waals surface area contributed by atoms with Gasteiger partial charge in [-0.25, -0.2) is 0 Å². The first kappa shape index (κ1) is 12.2. The van der Waals surface area contributed by atoms with Crippen LogP contribution in [0.2, 0.25) is 0 Å². The summed E-state index contributed by atoms with van der Waals surface area (Å²) in [6, 6.07) is 6.03. The highest BCUT2D eigenvalue weighted by Crippen LogP contribution is 2.28. The number of anilines is 2. The number of aromatic nitrogens is 2. The monoisotopic (exact) mass is 268 g/mol. The molecule has 7 nitrogen and oxygen atoms in total. The Bertz CT molecular complexity index is 637. The zero-order chi connectivity index (χ0) is 13.2. The van der Waals surface area contributed by atoms with Crippen LogP contribution in [0.5, 0.6) is 5.75 Å². The molecule has 0 amide bonds. The van der Waals surface area contributed by atoms with Crippen molar-refractivity contribution in [3.63, 3.8) is 0 Å². The second-order valence-electron chi connectivity index (χ2n) is 3.49. The van der Waals surface area contributed by atoms with Gasteiger partial charge in [0.15, 0.2) is 5.03 Å². The quantitative estimate of drug-likeness (QED) is 0.710. The van der Waals surface area contributed by atoms with Crippen molar-refractivity contribution in [2.45, 2.75) is 5.03 Å². The Labute approximate surface area is 104 Å². The van der Waals surface area contributed by atoms with Gasteiger partial charge in [0.25, 0.3) is 10.0 Å². The van der Waals surface area contributed by atoms with Crippen molar-refractivity contribution >= 4 is 21.4 Å². The van der Waals surface area contributed by atoms with Crippen molar-refractivity contribution in [1.29, 1.82) is 0 Å². The zero-order valence-corrected chi connectivity index (χ0v) is 10.4. The molecule has 0 atom stereocenters. The van der Waals surface area contributed by atoms with Gasteiger partial charge in [-0.05, 0) is 24.3 Å². The Balaban J connectivity index is 2.37. The SMILES string of the molecule is COc1ccc(N)cc1NS(=O)(=O)c1ccn[nH]1. The minimum absolute atomic E-state index is 0.0352. The van der Waals surface area contributed by atoms with Crippen LogP contribution in [-0.2, 0) is 10.0 Å². The van der Waals surface area contributed by atoms with Gasteiger partial charge in [0.1, 0.15) is 5.75 Å². The van der Waals surface area contributed by atoms with Crippen molar-refractivity contribution in [1.82, 2.24) is 10.2 Å². The van der Waals surface area contributed by atoms with Gasteiger partial charge in [-0.1, -0.05) is 0 Å². The number of nitrogens with zero attached hydrogens (tertiary/aromatic N) is 1. The molecule has 0 spiro atoms. The molecule has 0 aliphatic carbocycles. The van der Waals surface area contributed by atoms with Crippen LogP contribution in [0, 0.1) is 0 Å². The molecule has 96 valence electrons. The lowest BCUT2D eigenvalue weighted by atomic mass is 10.2. The second kappa shape index (κ2) is 4.57. The smallest absolute Gasteiger partial charge is 0.278 e. The van der Waals surface area contributed by atoms with Crippen LogP contribution < -0.4 is 15.2 Å². The number of hydrogen-bond donors (Lipinski definition) is 3. The van der Waals surface area contributed by atoms with Crippen molar-refractivity contribution in [2.75, 3.05) is 17.6 Å². The highest BCUT2D eigenvalue weighted by atomic mass is 32.2. The maximum absolute atomic E-state index is 12.0. The summed E-state index contributed by atoms with van der Waals surface area (Å²) in [6.07, 6.45) is 1.35. The molecule has 18 heavy (non-hydrogen) atoms. The van der Waals surface area contributed by atoms with Gasteiger partial charge in [0.05, 0.1) is 19.0 Å². The number of ether oxygens (including phenoxy) is 1. The minimum Gasteiger partial charge on any atom is -0.495 e. The predicted molar refractivity (Wildman–Crippen MR) is 66.8 cm³/mol. The molecule has 1 heterocycles.